The van der Waals surface area contributed by atoms with E-state index in [0.717, 1.165) is 30.3 Å². The zero-order chi connectivity index (χ0) is 11.7. The highest BCUT2D eigenvalue weighted by atomic mass is 15.5. The molecule has 3 rings (SSSR count). The number of aryl methyl sites for hydroxylation is 1. The van der Waals surface area contributed by atoms with Crippen LogP contribution in [0.1, 0.15) is 5.82 Å². The summed E-state index contributed by atoms with van der Waals surface area (Å²) in [6, 6.07) is 8.64. The van der Waals surface area contributed by atoms with Gasteiger partial charge in [0.1, 0.15) is 0 Å². The van der Waals surface area contributed by atoms with Gasteiger partial charge in [-0.2, -0.15) is 4.68 Å². The standard InChI is InChI=1S/C11H14N6/c1-8-14-15-16-17(8)11-4-2-3-9(5-11)13-10-6-12-7-10/h2-5,10,12-13H,6-7H2,1H3. The number of aromatic nitrogens is 4. The summed E-state index contributed by atoms with van der Waals surface area (Å²) in [5.41, 5.74) is 2.08. The summed E-state index contributed by atoms with van der Waals surface area (Å²) in [6.07, 6.45) is 0. The molecule has 0 unspecified atom stereocenters. The number of anilines is 1. The predicted octanol–water partition coefficient (Wildman–Crippen LogP) is 0.354. The highest BCUT2D eigenvalue weighted by molar-refractivity contribution is 5.51. The van der Waals surface area contributed by atoms with E-state index in [0.29, 0.717) is 6.04 Å². The number of nitrogens with zero attached hydrogens (tertiary/aromatic N) is 4. The summed E-state index contributed by atoms with van der Waals surface area (Å²) >= 11 is 0. The van der Waals surface area contributed by atoms with Crippen molar-refractivity contribution in [3.63, 3.8) is 0 Å². The lowest BCUT2D eigenvalue weighted by Gasteiger charge is -2.29. The van der Waals surface area contributed by atoms with Crippen molar-refractivity contribution in [2.24, 2.45) is 0 Å². The molecule has 1 aromatic heterocycles. The number of tetrazole rings is 1. The summed E-state index contributed by atoms with van der Waals surface area (Å²) in [5.74, 6) is 0.785. The number of hydrogen-bond donors (Lipinski definition) is 2. The molecular formula is C11H14N6. The topological polar surface area (TPSA) is 67.7 Å². The molecule has 6 heteroatoms. The van der Waals surface area contributed by atoms with Crippen LogP contribution in [0.4, 0.5) is 5.69 Å². The second kappa shape index (κ2) is 4.14. The minimum atomic E-state index is 0.528. The molecule has 0 aliphatic carbocycles. The van der Waals surface area contributed by atoms with Crippen LogP contribution < -0.4 is 10.6 Å². The van der Waals surface area contributed by atoms with Gasteiger partial charge in [0.05, 0.1) is 11.7 Å². The molecule has 0 saturated carbocycles. The second-order valence-electron chi connectivity index (χ2n) is 4.19. The van der Waals surface area contributed by atoms with E-state index in [-0.39, 0.29) is 0 Å². The van der Waals surface area contributed by atoms with Crippen LogP contribution in [0.2, 0.25) is 0 Å². The fourth-order valence-corrected chi connectivity index (χ4v) is 1.82. The van der Waals surface area contributed by atoms with Gasteiger partial charge in [0, 0.05) is 18.8 Å². The molecule has 17 heavy (non-hydrogen) atoms. The maximum absolute atomic E-state index is 3.96. The zero-order valence-electron chi connectivity index (χ0n) is 9.59. The van der Waals surface area contributed by atoms with E-state index in [2.05, 4.69) is 38.3 Å². The summed E-state index contributed by atoms with van der Waals surface area (Å²) in [5, 5.41) is 18.2. The molecule has 1 aliphatic rings. The Hall–Kier alpha value is -1.95. The predicted molar refractivity (Wildman–Crippen MR) is 64.2 cm³/mol. The van der Waals surface area contributed by atoms with E-state index in [4.69, 9.17) is 0 Å². The van der Waals surface area contributed by atoms with E-state index in [1.807, 2.05) is 19.1 Å². The van der Waals surface area contributed by atoms with Gasteiger partial charge in [-0.25, -0.2) is 0 Å². The highest BCUT2D eigenvalue weighted by Gasteiger charge is 2.16. The first-order valence-corrected chi connectivity index (χ1v) is 5.65. The molecule has 0 spiro atoms. The van der Waals surface area contributed by atoms with Crippen LogP contribution in [0.5, 0.6) is 0 Å². The number of rotatable bonds is 3. The smallest absolute Gasteiger partial charge is 0.153 e. The number of nitrogens with one attached hydrogen (secondary N) is 2. The average Bonchev–Trinajstić information content (AvgIpc) is 2.71. The molecule has 2 N–H and O–H groups in total. The van der Waals surface area contributed by atoms with Gasteiger partial charge < -0.3 is 10.6 Å². The molecule has 6 nitrogen and oxygen atoms in total. The fourth-order valence-electron chi connectivity index (χ4n) is 1.82. The SMILES string of the molecule is Cc1nnnn1-c1cccc(NC2CNC2)c1. The summed E-state index contributed by atoms with van der Waals surface area (Å²) in [4.78, 5) is 0. The lowest BCUT2D eigenvalue weighted by molar-refractivity contribution is 0.472. The lowest BCUT2D eigenvalue weighted by Crippen LogP contribution is -2.51. The van der Waals surface area contributed by atoms with Gasteiger partial charge in [-0.3, -0.25) is 0 Å². The quantitative estimate of drug-likeness (QED) is 0.796. The monoisotopic (exact) mass is 230 g/mol. The Morgan fingerprint density at radius 2 is 2.29 bits per heavy atom. The molecule has 1 saturated heterocycles. The Kier molecular flexibility index (Phi) is 2.49. The lowest BCUT2D eigenvalue weighted by atomic mass is 10.1. The first-order chi connectivity index (χ1) is 8.33. The van der Waals surface area contributed by atoms with Crippen molar-refractivity contribution in [3.05, 3.63) is 30.1 Å². The van der Waals surface area contributed by atoms with Crippen molar-refractivity contribution < 1.29 is 0 Å². The van der Waals surface area contributed by atoms with Crippen LogP contribution in [-0.4, -0.2) is 39.3 Å². The van der Waals surface area contributed by atoms with Crippen molar-refractivity contribution in [2.75, 3.05) is 18.4 Å². The molecule has 1 aliphatic heterocycles. The Morgan fingerprint density at radius 3 is 2.94 bits per heavy atom. The number of benzene rings is 1. The molecule has 0 radical (unpaired) electrons. The first kappa shape index (κ1) is 10.2. The van der Waals surface area contributed by atoms with E-state index < -0.39 is 0 Å². The molecule has 1 aromatic carbocycles. The van der Waals surface area contributed by atoms with Crippen molar-refractivity contribution in [1.29, 1.82) is 0 Å². The number of hydrogen-bond acceptors (Lipinski definition) is 5. The van der Waals surface area contributed by atoms with Gasteiger partial charge >= 0.3 is 0 Å². The molecule has 0 atom stereocenters. The molecule has 0 bridgehead atoms. The van der Waals surface area contributed by atoms with E-state index in [1.165, 1.54) is 0 Å². The Morgan fingerprint density at radius 1 is 1.41 bits per heavy atom. The highest BCUT2D eigenvalue weighted by Crippen LogP contribution is 2.16. The molecular weight excluding hydrogens is 216 g/mol. The maximum atomic E-state index is 3.96. The van der Waals surface area contributed by atoms with Gasteiger partial charge in [0.2, 0.25) is 0 Å². The largest absolute Gasteiger partial charge is 0.380 e. The van der Waals surface area contributed by atoms with E-state index in [1.54, 1.807) is 4.68 Å². The van der Waals surface area contributed by atoms with Crippen LogP contribution in [0, 0.1) is 6.92 Å². The maximum Gasteiger partial charge on any atom is 0.153 e. The van der Waals surface area contributed by atoms with Crippen LogP contribution in [0.3, 0.4) is 0 Å². The van der Waals surface area contributed by atoms with Gasteiger partial charge in [-0.1, -0.05) is 6.07 Å². The third-order valence-corrected chi connectivity index (χ3v) is 2.87. The fraction of sp³-hybridized carbons (Fsp3) is 0.364. The van der Waals surface area contributed by atoms with Crippen molar-refractivity contribution >= 4 is 5.69 Å². The Balaban J connectivity index is 1.85. The molecule has 2 aromatic rings. The van der Waals surface area contributed by atoms with Gasteiger partial charge in [0.25, 0.3) is 0 Å². The Labute approximate surface area is 99.0 Å². The van der Waals surface area contributed by atoms with Crippen molar-refractivity contribution in [3.8, 4) is 5.69 Å². The Bertz CT molecular complexity index is 516. The second-order valence-corrected chi connectivity index (χ2v) is 4.19. The van der Waals surface area contributed by atoms with Crippen LogP contribution >= 0.6 is 0 Å². The van der Waals surface area contributed by atoms with Gasteiger partial charge in [0.15, 0.2) is 5.82 Å². The third-order valence-electron chi connectivity index (χ3n) is 2.87. The third kappa shape index (κ3) is 1.99. The molecule has 1 fully saturated rings. The van der Waals surface area contributed by atoms with Gasteiger partial charge in [-0.05, 0) is 35.5 Å². The first-order valence-electron chi connectivity index (χ1n) is 5.65. The van der Waals surface area contributed by atoms with E-state index >= 15 is 0 Å². The summed E-state index contributed by atoms with van der Waals surface area (Å²) < 4.78 is 1.73. The van der Waals surface area contributed by atoms with Crippen LogP contribution in [0.15, 0.2) is 24.3 Å². The normalized spacial score (nSPS) is 15.6. The molecule has 2 heterocycles. The van der Waals surface area contributed by atoms with Crippen molar-refractivity contribution in [2.45, 2.75) is 13.0 Å². The van der Waals surface area contributed by atoms with Crippen LogP contribution in [-0.2, 0) is 0 Å². The minimum absolute atomic E-state index is 0.528. The average molecular weight is 230 g/mol. The van der Waals surface area contributed by atoms with Gasteiger partial charge in [-0.15, -0.1) is 5.10 Å². The molecule has 88 valence electrons. The summed E-state index contributed by atoms with van der Waals surface area (Å²) in [7, 11) is 0. The van der Waals surface area contributed by atoms with Crippen molar-refractivity contribution in [1.82, 2.24) is 25.5 Å². The zero-order valence-corrected chi connectivity index (χ0v) is 9.59. The molecule has 0 amide bonds. The summed E-state index contributed by atoms with van der Waals surface area (Å²) in [6.45, 7) is 3.93. The van der Waals surface area contributed by atoms with E-state index in [9.17, 15) is 0 Å². The minimum Gasteiger partial charge on any atom is -0.380 e. The van der Waals surface area contributed by atoms with Crippen LogP contribution in [0.25, 0.3) is 5.69 Å².